The summed E-state index contributed by atoms with van der Waals surface area (Å²) in [5.74, 6) is -2.89. The number of nitrogens with zero attached hydrogens (tertiary/aromatic N) is 1. The van der Waals surface area contributed by atoms with Crippen LogP contribution in [-0.4, -0.2) is 48.2 Å². The molecule has 0 saturated heterocycles. The second-order valence-corrected chi connectivity index (χ2v) is 3.99. The number of hydrogen-bond acceptors (Lipinski definition) is 4. The minimum absolute atomic E-state index is 0.164. The van der Waals surface area contributed by atoms with E-state index in [1.165, 1.54) is 13.2 Å². The molecule has 0 aliphatic rings. The lowest BCUT2D eigenvalue weighted by atomic mass is 10.1. The van der Waals surface area contributed by atoms with E-state index in [2.05, 4.69) is 10.1 Å². The van der Waals surface area contributed by atoms with E-state index in [4.69, 9.17) is 5.11 Å². The molecule has 21 heavy (non-hydrogen) atoms. The first-order valence-electron chi connectivity index (χ1n) is 6.05. The van der Waals surface area contributed by atoms with E-state index in [9.17, 15) is 18.8 Å². The number of carboxylic acid groups (broad SMARTS) is 1. The Hall–Kier alpha value is -2.64. The highest BCUT2D eigenvalue weighted by Crippen LogP contribution is 2.20. The number of carboxylic acids is 1. The molecule has 1 aromatic rings. The Bertz CT molecular complexity index is 561. The molecular weight excluding hydrogens is 283 g/mol. The number of nitrogens with one attached hydrogen (secondary N) is 1. The number of likely N-dealkylation sites (N-methyl/N-ethyl adjacent to an activating group) is 1. The summed E-state index contributed by atoms with van der Waals surface area (Å²) < 4.78 is 18.1. The van der Waals surface area contributed by atoms with Gasteiger partial charge in [0.2, 0.25) is 0 Å². The molecule has 1 aromatic carbocycles. The van der Waals surface area contributed by atoms with Crippen molar-refractivity contribution in [2.75, 3.05) is 25.5 Å². The van der Waals surface area contributed by atoms with Crippen molar-refractivity contribution < 1.29 is 28.6 Å². The van der Waals surface area contributed by atoms with Crippen LogP contribution in [0.4, 0.5) is 14.9 Å². The van der Waals surface area contributed by atoms with Crippen LogP contribution >= 0.6 is 0 Å². The molecule has 0 heterocycles. The SMILES string of the molecule is CCN(CC(=O)OC)C(=O)Nc1c(F)cccc1C(=O)O. The van der Waals surface area contributed by atoms with E-state index in [1.54, 1.807) is 6.92 Å². The molecule has 0 spiro atoms. The van der Waals surface area contributed by atoms with Crippen molar-refractivity contribution in [3.8, 4) is 0 Å². The Morgan fingerprint density at radius 2 is 2.05 bits per heavy atom. The number of aromatic carboxylic acids is 1. The lowest BCUT2D eigenvalue weighted by Crippen LogP contribution is -2.39. The fourth-order valence-corrected chi connectivity index (χ4v) is 1.56. The van der Waals surface area contributed by atoms with Gasteiger partial charge in [-0.15, -0.1) is 0 Å². The molecule has 2 amide bonds. The summed E-state index contributed by atoms with van der Waals surface area (Å²) in [6.07, 6.45) is 0. The van der Waals surface area contributed by atoms with Gasteiger partial charge < -0.3 is 20.1 Å². The van der Waals surface area contributed by atoms with Crippen molar-refractivity contribution >= 4 is 23.7 Å². The molecule has 0 aromatic heterocycles. The predicted molar refractivity (Wildman–Crippen MR) is 71.6 cm³/mol. The van der Waals surface area contributed by atoms with Gasteiger partial charge in [0.15, 0.2) is 0 Å². The van der Waals surface area contributed by atoms with Gasteiger partial charge in [-0.1, -0.05) is 6.07 Å². The van der Waals surface area contributed by atoms with Crippen LogP contribution in [0.5, 0.6) is 0 Å². The van der Waals surface area contributed by atoms with E-state index in [0.29, 0.717) is 0 Å². The molecule has 1 rings (SSSR count). The average molecular weight is 298 g/mol. The molecule has 0 radical (unpaired) electrons. The number of ether oxygens (including phenoxy) is 1. The Balaban J connectivity index is 2.96. The van der Waals surface area contributed by atoms with Crippen molar-refractivity contribution in [2.45, 2.75) is 6.92 Å². The number of benzene rings is 1. The summed E-state index contributed by atoms with van der Waals surface area (Å²) in [6.45, 7) is 1.45. The number of carbonyl (C=O) groups is 3. The summed E-state index contributed by atoms with van der Waals surface area (Å²) in [6, 6.07) is 2.62. The fraction of sp³-hybridized carbons (Fsp3) is 0.308. The van der Waals surface area contributed by atoms with Gasteiger partial charge in [-0.2, -0.15) is 0 Å². The first kappa shape index (κ1) is 16.4. The molecule has 0 unspecified atom stereocenters. The van der Waals surface area contributed by atoms with E-state index >= 15 is 0 Å². The Morgan fingerprint density at radius 3 is 2.57 bits per heavy atom. The topological polar surface area (TPSA) is 95.9 Å². The molecule has 114 valence electrons. The zero-order valence-corrected chi connectivity index (χ0v) is 11.6. The third kappa shape index (κ3) is 4.16. The molecule has 0 aliphatic carbocycles. The first-order valence-corrected chi connectivity index (χ1v) is 6.05. The van der Waals surface area contributed by atoms with Crippen molar-refractivity contribution in [1.29, 1.82) is 0 Å². The molecule has 8 heteroatoms. The molecule has 0 aliphatic heterocycles. The van der Waals surface area contributed by atoms with Crippen LogP contribution < -0.4 is 5.32 Å². The first-order chi connectivity index (χ1) is 9.90. The van der Waals surface area contributed by atoms with Crippen LogP contribution in [0.25, 0.3) is 0 Å². The summed E-state index contributed by atoms with van der Waals surface area (Å²) in [5, 5.41) is 11.1. The van der Waals surface area contributed by atoms with Gasteiger partial charge in [-0.25, -0.2) is 14.0 Å². The summed E-state index contributed by atoms with van der Waals surface area (Å²) in [5.41, 5.74) is -0.823. The largest absolute Gasteiger partial charge is 0.478 e. The molecule has 2 N–H and O–H groups in total. The average Bonchev–Trinajstić information content (AvgIpc) is 2.45. The highest BCUT2D eigenvalue weighted by atomic mass is 19.1. The van der Waals surface area contributed by atoms with Crippen molar-refractivity contribution in [3.63, 3.8) is 0 Å². The molecule has 0 atom stereocenters. The molecule has 0 saturated carbocycles. The maximum absolute atomic E-state index is 13.7. The number of anilines is 1. The summed E-state index contributed by atoms with van der Waals surface area (Å²) in [4.78, 5) is 35.2. The second kappa shape index (κ2) is 7.22. The van der Waals surface area contributed by atoms with Crippen LogP contribution in [0.15, 0.2) is 18.2 Å². The monoisotopic (exact) mass is 298 g/mol. The van der Waals surface area contributed by atoms with Gasteiger partial charge >= 0.3 is 18.0 Å². The lowest BCUT2D eigenvalue weighted by Gasteiger charge is -2.20. The number of methoxy groups -OCH3 is 1. The number of para-hydroxylation sites is 1. The van der Waals surface area contributed by atoms with Gasteiger partial charge in [0.1, 0.15) is 12.4 Å². The van der Waals surface area contributed by atoms with Crippen molar-refractivity contribution in [2.24, 2.45) is 0 Å². The number of carbonyl (C=O) groups excluding carboxylic acids is 2. The smallest absolute Gasteiger partial charge is 0.337 e. The van der Waals surface area contributed by atoms with Crippen molar-refractivity contribution in [3.05, 3.63) is 29.6 Å². The highest BCUT2D eigenvalue weighted by Gasteiger charge is 2.21. The van der Waals surface area contributed by atoms with Gasteiger partial charge in [0.25, 0.3) is 0 Å². The minimum atomic E-state index is -1.37. The van der Waals surface area contributed by atoms with E-state index in [-0.39, 0.29) is 18.7 Å². The lowest BCUT2D eigenvalue weighted by molar-refractivity contribution is -0.141. The van der Waals surface area contributed by atoms with Crippen LogP contribution in [0.3, 0.4) is 0 Å². The van der Waals surface area contributed by atoms with Crippen LogP contribution in [-0.2, 0) is 9.53 Å². The Kier molecular flexibility index (Phi) is 5.65. The number of urea groups is 1. The normalized spacial score (nSPS) is 9.86. The maximum atomic E-state index is 13.7. The van der Waals surface area contributed by atoms with Crippen LogP contribution in [0.2, 0.25) is 0 Å². The van der Waals surface area contributed by atoms with E-state index in [0.717, 1.165) is 17.0 Å². The molecular formula is C13H15FN2O5. The van der Waals surface area contributed by atoms with Gasteiger partial charge in [-0.3, -0.25) is 4.79 Å². The third-order valence-electron chi connectivity index (χ3n) is 2.69. The second-order valence-electron chi connectivity index (χ2n) is 3.99. The number of halogens is 1. The number of rotatable bonds is 5. The number of esters is 1. The minimum Gasteiger partial charge on any atom is -0.478 e. The summed E-state index contributed by atoms with van der Waals surface area (Å²) in [7, 11) is 1.17. The maximum Gasteiger partial charge on any atom is 0.337 e. The van der Waals surface area contributed by atoms with E-state index in [1.807, 2.05) is 0 Å². The van der Waals surface area contributed by atoms with Gasteiger partial charge in [0.05, 0.1) is 18.4 Å². The Labute approximate surface area is 120 Å². The molecule has 7 nitrogen and oxygen atoms in total. The highest BCUT2D eigenvalue weighted by molar-refractivity contribution is 6.00. The molecule has 0 bridgehead atoms. The van der Waals surface area contributed by atoms with E-state index < -0.39 is 29.5 Å². The zero-order valence-electron chi connectivity index (χ0n) is 11.6. The quantitative estimate of drug-likeness (QED) is 0.804. The van der Waals surface area contributed by atoms with Gasteiger partial charge in [-0.05, 0) is 19.1 Å². The molecule has 0 fully saturated rings. The van der Waals surface area contributed by atoms with Crippen molar-refractivity contribution in [1.82, 2.24) is 4.90 Å². The number of amides is 2. The zero-order chi connectivity index (χ0) is 16.0. The third-order valence-corrected chi connectivity index (χ3v) is 2.69. The summed E-state index contributed by atoms with van der Waals surface area (Å²) >= 11 is 0. The van der Waals surface area contributed by atoms with Crippen LogP contribution in [0.1, 0.15) is 17.3 Å². The van der Waals surface area contributed by atoms with Gasteiger partial charge in [0, 0.05) is 6.54 Å². The number of hydrogen-bond donors (Lipinski definition) is 2. The van der Waals surface area contributed by atoms with Crippen LogP contribution in [0, 0.1) is 5.82 Å². The fourth-order valence-electron chi connectivity index (χ4n) is 1.56. The Morgan fingerprint density at radius 1 is 1.38 bits per heavy atom. The predicted octanol–water partition coefficient (Wildman–Crippen LogP) is 1.55. The standard InChI is InChI=1S/C13H15FN2O5/c1-3-16(7-10(17)21-2)13(20)15-11-8(12(18)19)5-4-6-9(11)14/h4-6H,3,7H2,1-2H3,(H,15,20)(H,18,19).